The molecule has 0 aliphatic carbocycles. The highest BCUT2D eigenvalue weighted by atomic mass is 32.2. The lowest BCUT2D eigenvalue weighted by atomic mass is 10.2. The van der Waals surface area contributed by atoms with Crippen LogP contribution in [0, 0.1) is 6.92 Å². The highest BCUT2D eigenvalue weighted by Crippen LogP contribution is 2.31. The van der Waals surface area contributed by atoms with Gasteiger partial charge in [0.1, 0.15) is 6.61 Å². The lowest BCUT2D eigenvalue weighted by molar-refractivity contribution is -0.128. The van der Waals surface area contributed by atoms with Crippen molar-refractivity contribution < 1.29 is 14.3 Å². The number of H-pyrrole nitrogens is 1. The van der Waals surface area contributed by atoms with Crippen molar-refractivity contribution in [1.82, 2.24) is 14.9 Å². The minimum absolute atomic E-state index is 0.0269. The molecule has 0 fully saturated rings. The molecule has 1 aliphatic heterocycles. The van der Waals surface area contributed by atoms with Gasteiger partial charge in [-0.25, -0.2) is 4.98 Å². The second kappa shape index (κ2) is 7.52. The molecule has 0 unspecified atom stereocenters. The Morgan fingerprint density at radius 1 is 1.30 bits per heavy atom. The van der Waals surface area contributed by atoms with Crippen molar-refractivity contribution in [2.45, 2.75) is 18.2 Å². The van der Waals surface area contributed by atoms with E-state index in [2.05, 4.69) is 16.0 Å². The number of aryl methyl sites for hydroxylation is 1. The number of carbonyl (C=O) groups is 1. The third-order valence-electron chi connectivity index (χ3n) is 4.42. The van der Waals surface area contributed by atoms with E-state index in [0.717, 1.165) is 27.7 Å². The highest BCUT2D eigenvalue weighted by Gasteiger charge is 2.23. The quantitative estimate of drug-likeness (QED) is 0.685. The number of rotatable bonds is 5. The van der Waals surface area contributed by atoms with Gasteiger partial charge in [0.25, 0.3) is 0 Å². The van der Waals surface area contributed by atoms with E-state index in [1.807, 2.05) is 43.3 Å². The van der Waals surface area contributed by atoms with E-state index in [0.29, 0.717) is 18.9 Å². The topological polar surface area (TPSA) is 67.5 Å². The zero-order valence-corrected chi connectivity index (χ0v) is 16.1. The van der Waals surface area contributed by atoms with Gasteiger partial charge in [0.15, 0.2) is 22.8 Å². The van der Waals surface area contributed by atoms with Crippen molar-refractivity contribution in [2.75, 3.05) is 26.0 Å². The van der Waals surface area contributed by atoms with Crippen LogP contribution < -0.4 is 9.47 Å². The van der Waals surface area contributed by atoms with Crippen LogP contribution in [0.25, 0.3) is 11.0 Å². The number of nitrogens with zero attached hydrogens (tertiary/aromatic N) is 2. The number of amides is 1. The van der Waals surface area contributed by atoms with E-state index >= 15 is 0 Å². The van der Waals surface area contributed by atoms with Crippen LogP contribution in [-0.4, -0.2) is 52.8 Å². The van der Waals surface area contributed by atoms with Crippen molar-refractivity contribution in [1.29, 1.82) is 0 Å². The largest absolute Gasteiger partial charge is 0.486 e. The lowest BCUT2D eigenvalue weighted by Gasteiger charge is -2.29. The monoisotopic (exact) mass is 383 g/mol. The van der Waals surface area contributed by atoms with E-state index in [-0.39, 0.29) is 12.0 Å². The second-order valence-corrected chi connectivity index (χ2v) is 7.59. The number of aromatic amines is 1. The van der Waals surface area contributed by atoms with E-state index in [4.69, 9.17) is 9.47 Å². The van der Waals surface area contributed by atoms with Gasteiger partial charge in [-0.05, 0) is 36.8 Å². The summed E-state index contributed by atoms with van der Waals surface area (Å²) in [6, 6.07) is 13.6. The van der Waals surface area contributed by atoms with Gasteiger partial charge in [-0.3, -0.25) is 4.79 Å². The Balaban J connectivity index is 1.31. The Labute approximate surface area is 161 Å². The van der Waals surface area contributed by atoms with Crippen LogP contribution in [0.3, 0.4) is 0 Å². The van der Waals surface area contributed by atoms with Gasteiger partial charge in [-0.2, -0.15) is 0 Å². The number of para-hydroxylation sites is 2. The molecule has 1 atom stereocenters. The molecule has 0 saturated carbocycles. The molecular formula is C20H21N3O3S. The number of thioether (sulfide) groups is 1. The van der Waals surface area contributed by atoms with Gasteiger partial charge < -0.3 is 19.4 Å². The number of nitrogens with one attached hydrogen (secondary N) is 1. The number of fused-ring (bicyclic) bond motifs is 2. The van der Waals surface area contributed by atoms with Crippen LogP contribution in [0.15, 0.2) is 47.6 Å². The molecule has 0 bridgehead atoms. The first-order valence-electron chi connectivity index (χ1n) is 8.80. The molecule has 2 aromatic carbocycles. The van der Waals surface area contributed by atoms with Crippen LogP contribution in [0.2, 0.25) is 0 Å². The molecule has 1 N–H and O–H groups in total. The molecule has 1 aliphatic rings. The van der Waals surface area contributed by atoms with Gasteiger partial charge in [-0.1, -0.05) is 30.0 Å². The normalized spacial score (nSPS) is 15.7. The summed E-state index contributed by atoms with van der Waals surface area (Å²) >= 11 is 1.41. The van der Waals surface area contributed by atoms with Gasteiger partial charge in [0, 0.05) is 7.05 Å². The number of carbonyl (C=O) groups excluding carboxylic acids is 1. The standard InChI is InChI=1S/C20H21N3O3S/c1-13-7-8-15-16(9-13)22-20(21-15)27-12-19(24)23(2)10-14-11-25-17-5-3-4-6-18(17)26-14/h3-9,14H,10-12H2,1-2H3,(H,21,22)/t14-/m1/s1. The predicted molar refractivity (Wildman–Crippen MR) is 106 cm³/mol. The molecule has 0 spiro atoms. The molecular weight excluding hydrogens is 362 g/mol. The third-order valence-corrected chi connectivity index (χ3v) is 5.28. The molecule has 1 aromatic heterocycles. The molecule has 3 aromatic rings. The molecule has 2 heterocycles. The smallest absolute Gasteiger partial charge is 0.232 e. The second-order valence-electron chi connectivity index (χ2n) is 6.62. The number of imidazole rings is 1. The zero-order valence-electron chi connectivity index (χ0n) is 15.3. The first kappa shape index (κ1) is 17.7. The summed E-state index contributed by atoms with van der Waals surface area (Å²) in [6.07, 6.45) is -0.173. The minimum atomic E-state index is -0.173. The maximum Gasteiger partial charge on any atom is 0.232 e. The number of ether oxygens (including phenoxy) is 2. The maximum absolute atomic E-state index is 12.5. The average Bonchev–Trinajstić information content (AvgIpc) is 3.08. The Kier molecular flexibility index (Phi) is 4.94. The number of hydrogen-bond acceptors (Lipinski definition) is 5. The highest BCUT2D eigenvalue weighted by molar-refractivity contribution is 7.99. The lowest BCUT2D eigenvalue weighted by Crippen LogP contribution is -2.42. The third kappa shape index (κ3) is 4.03. The van der Waals surface area contributed by atoms with Crippen LogP contribution in [0.1, 0.15) is 5.56 Å². The first-order valence-corrected chi connectivity index (χ1v) is 9.78. The van der Waals surface area contributed by atoms with Crippen molar-refractivity contribution in [3.63, 3.8) is 0 Å². The summed E-state index contributed by atoms with van der Waals surface area (Å²) in [6.45, 7) is 2.96. The summed E-state index contributed by atoms with van der Waals surface area (Å²) in [4.78, 5) is 21.9. The van der Waals surface area contributed by atoms with Crippen molar-refractivity contribution in [2.24, 2.45) is 0 Å². The summed E-state index contributed by atoms with van der Waals surface area (Å²) in [7, 11) is 1.79. The number of aromatic nitrogens is 2. The SMILES string of the molecule is Cc1ccc2nc(SCC(=O)N(C)C[C@@H]3COc4ccccc4O3)[nH]c2c1. The molecule has 27 heavy (non-hydrogen) atoms. The average molecular weight is 383 g/mol. The maximum atomic E-state index is 12.5. The Hall–Kier alpha value is -2.67. The Bertz CT molecular complexity index is 972. The summed E-state index contributed by atoms with van der Waals surface area (Å²) in [5.74, 6) is 1.82. The van der Waals surface area contributed by atoms with Gasteiger partial charge in [0.2, 0.25) is 5.91 Å². The molecule has 0 radical (unpaired) electrons. The zero-order chi connectivity index (χ0) is 18.8. The fourth-order valence-corrected chi connectivity index (χ4v) is 3.79. The van der Waals surface area contributed by atoms with E-state index in [1.165, 1.54) is 17.3 Å². The van der Waals surface area contributed by atoms with E-state index < -0.39 is 0 Å². The van der Waals surface area contributed by atoms with Crippen LogP contribution in [0.5, 0.6) is 11.5 Å². The summed E-state index contributed by atoms with van der Waals surface area (Å²) < 4.78 is 11.6. The van der Waals surface area contributed by atoms with Crippen LogP contribution in [-0.2, 0) is 4.79 Å². The summed E-state index contributed by atoms with van der Waals surface area (Å²) in [5.41, 5.74) is 3.08. The minimum Gasteiger partial charge on any atom is -0.486 e. The fraction of sp³-hybridized carbons (Fsp3) is 0.300. The van der Waals surface area contributed by atoms with Crippen molar-refractivity contribution >= 4 is 28.7 Å². The molecule has 6 nitrogen and oxygen atoms in total. The fourth-order valence-electron chi connectivity index (χ4n) is 2.97. The molecule has 140 valence electrons. The number of hydrogen-bond donors (Lipinski definition) is 1. The van der Waals surface area contributed by atoms with Crippen LogP contribution >= 0.6 is 11.8 Å². The summed E-state index contributed by atoms with van der Waals surface area (Å²) in [5, 5.41) is 0.753. The van der Waals surface area contributed by atoms with Crippen molar-refractivity contribution in [3.8, 4) is 11.5 Å². The first-order chi connectivity index (χ1) is 13.1. The Morgan fingerprint density at radius 2 is 2.11 bits per heavy atom. The molecule has 1 amide bonds. The van der Waals surface area contributed by atoms with Gasteiger partial charge in [0.05, 0.1) is 23.3 Å². The van der Waals surface area contributed by atoms with E-state index in [9.17, 15) is 4.79 Å². The molecule has 0 saturated heterocycles. The van der Waals surface area contributed by atoms with E-state index in [1.54, 1.807) is 11.9 Å². The van der Waals surface area contributed by atoms with Gasteiger partial charge in [-0.15, -0.1) is 0 Å². The van der Waals surface area contributed by atoms with Crippen LogP contribution in [0.4, 0.5) is 0 Å². The number of likely N-dealkylation sites (N-methyl/N-ethyl adjacent to an activating group) is 1. The number of benzene rings is 2. The molecule has 4 rings (SSSR count). The van der Waals surface area contributed by atoms with Gasteiger partial charge >= 0.3 is 0 Å². The predicted octanol–water partition coefficient (Wildman–Crippen LogP) is 3.26. The molecule has 7 heteroatoms. The van der Waals surface area contributed by atoms with Crippen molar-refractivity contribution in [3.05, 3.63) is 48.0 Å². The Morgan fingerprint density at radius 3 is 2.96 bits per heavy atom.